The van der Waals surface area contributed by atoms with E-state index in [2.05, 4.69) is 84.3 Å². The van der Waals surface area contributed by atoms with Crippen molar-refractivity contribution in [2.75, 3.05) is 32.7 Å². The van der Waals surface area contributed by atoms with E-state index in [0.717, 1.165) is 55.8 Å². The molecule has 1 atom stereocenters. The van der Waals surface area contributed by atoms with E-state index in [-0.39, 0.29) is 6.10 Å². The number of ether oxygens (including phenoxy) is 1. The molecule has 0 radical (unpaired) electrons. The number of rotatable bonds is 9. The molecule has 2 aromatic carbocycles. The van der Waals surface area contributed by atoms with Crippen molar-refractivity contribution in [1.82, 2.24) is 9.80 Å². The molecule has 1 aliphatic heterocycles. The summed E-state index contributed by atoms with van der Waals surface area (Å²) in [6.45, 7) is 10.9. The number of halogens is 1. The molecule has 1 aliphatic rings. The van der Waals surface area contributed by atoms with E-state index in [1.807, 2.05) is 6.07 Å². The molecule has 3 aromatic rings. The number of thiophene rings is 1. The van der Waals surface area contributed by atoms with Gasteiger partial charge in [0.15, 0.2) is 0 Å². The molecule has 1 unspecified atom stereocenters. The van der Waals surface area contributed by atoms with Gasteiger partial charge in [-0.2, -0.15) is 0 Å². The Morgan fingerprint density at radius 3 is 2.19 bits per heavy atom. The molecular formula is C27H33ClN2OS. The fourth-order valence-electron chi connectivity index (χ4n) is 4.17. The largest absolute Gasteiger partial charge is 0.485 e. The normalized spacial score (nSPS) is 16.4. The average Bonchev–Trinajstić information content (AvgIpc) is 3.25. The molecular weight excluding hydrogens is 436 g/mol. The zero-order chi connectivity index (χ0) is 22.3. The standard InChI is InChI=1S/C27H33ClN2OS/c1-21(2)23-8-10-24(11-9-23)31-25(26-12-13-27(28)32-26)14-15-29-16-18-30(19-17-29)20-22-6-4-3-5-7-22/h3-13,21,25H,14-20H2,1-2H3. The highest BCUT2D eigenvalue weighted by molar-refractivity contribution is 7.16. The molecule has 0 spiro atoms. The van der Waals surface area contributed by atoms with Crippen molar-refractivity contribution in [3.05, 3.63) is 87.1 Å². The van der Waals surface area contributed by atoms with Crippen LogP contribution < -0.4 is 4.74 Å². The van der Waals surface area contributed by atoms with E-state index in [1.165, 1.54) is 16.0 Å². The quantitative estimate of drug-likeness (QED) is 0.341. The van der Waals surface area contributed by atoms with Crippen LogP contribution in [0.1, 0.15) is 48.3 Å². The molecule has 4 rings (SSSR count). The lowest BCUT2D eigenvalue weighted by atomic mass is 10.0. The van der Waals surface area contributed by atoms with Gasteiger partial charge in [0, 0.05) is 50.6 Å². The molecule has 0 aliphatic carbocycles. The maximum absolute atomic E-state index is 6.45. The van der Waals surface area contributed by atoms with E-state index in [9.17, 15) is 0 Å². The summed E-state index contributed by atoms with van der Waals surface area (Å²) < 4.78 is 7.27. The van der Waals surface area contributed by atoms with Crippen LogP contribution in [-0.4, -0.2) is 42.5 Å². The molecule has 3 nitrogen and oxygen atoms in total. The first-order valence-electron chi connectivity index (χ1n) is 11.6. The third kappa shape index (κ3) is 6.58. The lowest BCUT2D eigenvalue weighted by Crippen LogP contribution is -2.46. The second-order valence-corrected chi connectivity index (χ2v) is 10.6. The van der Waals surface area contributed by atoms with Gasteiger partial charge >= 0.3 is 0 Å². The Morgan fingerprint density at radius 2 is 1.56 bits per heavy atom. The lowest BCUT2D eigenvalue weighted by molar-refractivity contribution is 0.107. The van der Waals surface area contributed by atoms with E-state index in [0.29, 0.717) is 5.92 Å². The minimum Gasteiger partial charge on any atom is -0.485 e. The SMILES string of the molecule is CC(C)c1ccc(OC(CCN2CCN(Cc3ccccc3)CC2)c2ccc(Cl)s2)cc1. The van der Waals surface area contributed by atoms with Gasteiger partial charge in [-0.15, -0.1) is 11.3 Å². The highest BCUT2D eigenvalue weighted by Gasteiger charge is 2.21. The maximum atomic E-state index is 6.45. The van der Waals surface area contributed by atoms with Gasteiger partial charge in [-0.3, -0.25) is 4.90 Å². The van der Waals surface area contributed by atoms with Crippen molar-refractivity contribution in [2.24, 2.45) is 0 Å². The van der Waals surface area contributed by atoms with Crippen molar-refractivity contribution < 1.29 is 4.74 Å². The Labute approximate surface area is 201 Å². The van der Waals surface area contributed by atoms with Crippen LogP contribution in [0.4, 0.5) is 0 Å². The predicted octanol–water partition coefficient (Wildman–Crippen LogP) is 6.85. The highest BCUT2D eigenvalue weighted by Crippen LogP contribution is 2.33. The van der Waals surface area contributed by atoms with Gasteiger partial charge in [0.1, 0.15) is 11.9 Å². The summed E-state index contributed by atoms with van der Waals surface area (Å²) in [4.78, 5) is 6.31. The minimum atomic E-state index is 0.0275. The van der Waals surface area contributed by atoms with E-state index < -0.39 is 0 Å². The summed E-state index contributed by atoms with van der Waals surface area (Å²) >= 11 is 7.87. The monoisotopic (exact) mass is 468 g/mol. The molecule has 0 amide bonds. The smallest absolute Gasteiger partial charge is 0.134 e. The van der Waals surface area contributed by atoms with Crippen molar-refractivity contribution in [3.8, 4) is 5.75 Å². The highest BCUT2D eigenvalue weighted by atomic mass is 35.5. The van der Waals surface area contributed by atoms with Crippen molar-refractivity contribution in [3.63, 3.8) is 0 Å². The molecule has 1 fully saturated rings. The van der Waals surface area contributed by atoms with Crippen molar-refractivity contribution >= 4 is 22.9 Å². The average molecular weight is 469 g/mol. The summed E-state index contributed by atoms with van der Waals surface area (Å²) in [7, 11) is 0. The van der Waals surface area contributed by atoms with Crippen LogP contribution >= 0.6 is 22.9 Å². The molecule has 1 aromatic heterocycles. The van der Waals surface area contributed by atoms with Gasteiger partial charge in [0.25, 0.3) is 0 Å². The molecule has 32 heavy (non-hydrogen) atoms. The third-order valence-corrected chi connectivity index (χ3v) is 7.48. The number of nitrogens with zero attached hydrogens (tertiary/aromatic N) is 2. The lowest BCUT2D eigenvalue weighted by Gasteiger charge is -2.35. The summed E-state index contributed by atoms with van der Waals surface area (Å²) in [6.07, 6.45) is 0.987. The predicted molar refractivity (Wildman–Crippen MR) is 136 cm³/mol. The van der Waals surface area contributed by atoms with Crippen LogP contribution in [0.25, 0.3) is 0 Å². The van der Waals surface area contributed by atoms with Crippen LogP contribution in [0.3, 0.4) is 0 Å². The van der Waals surface area contributed by atoms with E-state index in [4.69, 9.17) is 16.3 Å². The van der Waals surface area contributed by atoms with Crippen molar-refractivity contribution in [1.29, 1.82) is 0 Å². The van der Waals surface area contributed by atoms with Crippen LogP contribution in [0.2, 0.25) is 4.34 Å². The first kappa shape index (κ1) is 23.3. The van der Waals surface area contributed by atoms with Crippen molar-refractivity contribution in [2.45, 2.75) is 38.8 Å². The fourth-order valence-corrected chi connectivity index (χ4v) is 5.29. The topological polar surface area (TPSA) is 15.7 Å². The third-order valence-electron chi connectivity index (χ3n) is 6.16. The van der Waals surface area contributed by atoms with Gasteiger partial charge in [0.05, 0.1) is 4.34 Å². The molecule has 5 heteroatoms. The second-order valence-electron chi connectivity index (χ2n) is 8.86. The zero-order valence-electron chi connectivity index (χ0n) is 19.0. The van der Waals surface area contributed by atoms with Crippen LogP contribution in [0.5, 0.6) is 5.75 Å². The first-order chi connectivity index (χ1) is 15.6. The Bertz CT molecular complexity index is 949. The summed E-state index contributed by atoms with van der Waals surface area (Å²) in [5.74, 6) is 1.45. The number of benzene rings is 2. The fraction of sp³-hybridized carbons (Fsp3) is 0.407. The molecule has 0 N–H and O–H groups in total. The van der Waals surface area contributed by atoms with E-state index in [1.54, 1.807) is 11.3 Å². The number of piperazine rings is 1. The molecule has 170 valence electrons. The maximum Gasteiger partial charge on any atom is 0.134 e. The molecule has 0 saturated carbocycles. The van der Waals surface area contributed by atoms with Crippen LogP contribution in [0.15, 0.2) is 66.7 Å². The minimum absolute atomic E-state index is 0.0275. The Hall–Kier alpha value is -1.85. The zero-order valence-corrected chi connectivity index (χ0v) is 20.6. The van der Waals surface area contributed by atoms with Crippen LogP contribution in [-0.2, 0) is 6.54 Å². The summed E-state index contributed by atoms with van der Waals surface area (Å²) in [5, 5.41) is 0. The van der Waals surface area contributed by atoms with Gasteiger partial charge in [-0.05, 0) is 41.3 Å². The number of hydrogen-bond acceptors (Lipinski definition) is 4. The second kappa shape index (κ2) is 11.3. The molecule has 2 heterocycles. The van der Waals surface area contributed by atoms with Gasteiger partial charge in [-0.1, -0.05) is 67.9 Å². The Kier molecular flexibility index (Phi) is 8.26. The first-order valence-corrected chi connectivity index (χ1v) is 12.8. The van der Waals surface area contributed by atoms with Crippen LogP contribution in [0, 0.1) is 0 Å². The summed E-state index contributed by atoms with van der Waals surface area (Å²) in [6, 6.07) is 23.4. The summed E-state index contributed by atoms with van der Waals surface area (Å²) in [5.41, 5.74) is 2.73. The molecule has 1 saturated heterocycles. The van der Waals surface area contributed by atoms with Gasteiger partial charge < -0.3 is 9.64 Å². The Morgan fingerprint density at radius 1 is 0.875 bits per heavy atom. The van der Waals surface area contributed by atoms with E-state index >= 15 is 0 Å². The molecule has 0 bridgehead atoms. The van der Waals surface area contributed by atoms with Gasteiger partial charge in [-0.25, -0.2) is 0 Å². The number of hydrogen-bond donors (Lipinski definition) is 0. The van der Waals surface area contributed by atoms with Gasteiger partial charge in [0.2, 0.25) is 0 Å². The Balaban J connectivity index is 1.32.